The molecule has 2 atom stereocenters. The van der Waals surface area contributed by atoms with E-state index in [2.05, 4.69) is 15.6 Å². The van der Waals surface area contributed by atoms with Gasteiger partial charge in [-0.1, -0.05) is 13.0 Å². The minimum Gasteiger partial charge on any atom is -0.383 e. The van der Waals surface area contributed by atoms with Crippen LogP contribution in [0.3, 0.4) is 0 Å². The molecule has 1 aromatic rings. The number of methoxy groups -OCH3 is 1. The summed E-state index contributed by atoms with van der Waals surface area (Å²) in [6, 6.07) is 3.75. The molecule has 0 aliphatic heterocycles. The Morgan fingerprint density at radius 2 is 2.05 bits per heavy atom. The minimum atomic E-state index is -0.567. The molecule has 0 bridgehead atoms. The average Bonchev–Trinajstić information content (AvgIpc) is 2.43. The highest BCUT2D eigenvalue weighted by atomic mass is 19.1. The Bertz CT molecular complexity index is 480. The van der Waals surface area contributed by atoms with Crippen LogP contribution in [0.15, 0.2) is 23.2 Å². The summed E-state index contributed by atoms with van der Waals surface area (Å²) in [5.74, 6) is -0.585. The smallest absolute Gasteiger partial charge is 0.191 e. The van der Waals surface area contributed by atoms with Gasteiger partial charge < -0.3 is 15.4 Å². The molecule has 21 heavy (non-hydrogen) atoms. The van der Waals surface area contributed by atoms with E-state index in [1.165, 1.54) is 12.1 Å². The van der Waals surface area contributed by atoms with Crippen molar-refractivity contribution in [2.24, 2.45) is 4.99 Å². The zero-order chi connectivity index (χ0) is 15.8. The van der Waals surface area contributed by atoms with Gasteiger partial charge in [0.25, 0.3) is 0 Å². The Labute approximate surface area is 124 Å². The highest BCUT2D eigenvalue weighted by molar-refractivity contribution is 5.80. The monoisotopic (exact) mass is 299 g/mol. The molecule has 0 amide bonds. The highest BCUT2D eigenvalue weighted by Gasteiger charge is 2.13. The second-order valence-electron chi connectivity index (χ2n) is 5.02. The Morgan fingerprint density at radius 1 is 1.33 bits per heavy atom. The SMILES string of the molecule is CN=C(NCC(C)c1ccc(F)cc1F)NC(C)COC. The highest BCUT2D eigenvalue weighted by Crippen LogP contribution is 2.19. The maximum atomic E-state index is 13.7. The largest absolute Gasteiger partial charge is 0.383 e. The summed E-state index contributed by atoms with van der Waals surface area (Å²) in [6.07, 6.45) is 0. The van der Waals surface area contributed by atoms with Crippen molar-refractivity contribution in [2.45, 2.75) is 25.8 Å². The normalized spacial score (nSPS) is 14.7. The number of benzene rings is 1. The first-order chi connectivity index (χ1) is 9.97. The molecule has 0 aliphatic carbocycles. The fourth-order valence-corrected chi connectivity index (χ4v) is 1.98. The lowest BCUT2D eigenvalue weighted by atomic mass is 10.0. The molecule has 118 valence electrons. The van der Waals surface area contributed by atoms with Crippen molar-refractivity contribution < 1.29 is 13.5 Å². The van der Waals surface area contributed by atoms with Crippen molar-refractivity contribution in [1.82, 2.24) is 10.6 Å². The quantitative estimate of drug-likeness (QED) is 0.626. The van der Waals surface area contributed by atoms with Crippen LogP contribution in [0, 0.1) is 11.6 Å². The Balaban J connectivity index is 2.56. The summed E-state index contributed by atoms with van der Waals surface area (Å²) in [6.45, 7) is 4.89. The van der Waals surface area contributed by atoms with Crippen LogP contribution in [0.5, 0.6) is 0 Å². The van der Waals surface area contributed by atoms with E-state index in [1.54, 1.807) is 14.2 Å². The van der Waals surface area contributed by atoms with E-state index in [0.717, 1.165) is 6.07 Å². The van der Waals surface area contributed by atoms with Crippen molar-refractivity contribution in [3.8, 4) is 0 Å². The number of nitrogens with one attached hydrogen (secondary N) is 2. The summed E-state index contributed by atoms with van der Waals surface area (Å²) < 4.78 is 31.6. The van der Waals surface area contributed by atoms with Crippen molar-refractivity contribution in [1.29, 1.82) is 0 Å². The summed E-state index contributed by atoms with van der Waals surface area (Å²) in [4.78, 5) is 4.10. The summed E-state index contributed by atoms with van der Waals surface area (Å²) in [7, 11) is 3.30. The molecule has 1 rings (SSSR count). The van der Waals surface area contributed by atoms with Crippen LogP contribution in [0.25, 0.3) is 0 Å². The van der Waals surface area contributed by atoms with Crippen LogP contribution < -0.4 is 10.6 Å². The second-order valence-corrected chi connectivity index (χ2v) is 5.02. The van der Waals surface area contributed by atoms with E-state index in [1.807, 2.05) is 13.8 Å². The van der Waals surface area contributed by atoms with Gasteiger partial charge in [-0.05, 0) is 18.6 Å². The Hall–Kier alpha value is -1.69. The molecule has 1 aromatic carbocycles. The molecule has 0 radical (unpaired) electrons. The molecule has 0 heterocycles. The van der Waals surface area contributed by atoms with Crippen molar-refractivity contribution in [2.75, 3.05) is 27.3 Å². The molecule has 6 heteroatoms. The molecular weight excluding hydrogens is 276 g/mol. The van der Waals surface area contributed by atoms with Gasteiger partial charge in [0, 0.05) is 38.7 Å². The lowest BCUT2D eigenvalue weighted by Gasteiger charge is -2.19. The first kappa shape index (κ1) is 17.4. The number of halogens is 2. The van der Waals surface area contributed by atoms with Crippen LogP contribution in [-0.4, -0.2) is 39.3 Å². The van der Waals surface area contributed by atoms with E-state index in [9.17, 15) is 8.78 Å². The van der Waals surface area contributed by atoms with Crippen LogP contribution in [-0.2, 0) is 4.74 Å². The molecule has 0 fully saturated rings. The van der Waals surface area contributed by atoms with E-state index >= 15 is 0 Å². The lowest BCUT2D eigenvalue weighted by Crippen LogP contribution is -2.44. The van der Waals surface area contributed by atoms with Gasteiger partial charge in [-0.25, -0.2) is 8.78 Å². The van der Waals surface area contributed by atoms with Gasteiger partial charge in [0.2, 0.25) is 0 Å². The summed E-state index contributed by atoms with van der Waals surface area (Å²) >= 11 is 0. The average molecular weight is 299 g/mol. The number of guanidine groups is 1. The molecule has 0 saturated carbocycles. The number of aliphatic imine (C=N–C) groups is 1. The maximum absolute atomic E-state index is 13.7. The van der Waals surface area contributed by atoms with Gasteiger partial charge in [0.15, 0.2) is 5.96 Å². The zero-order valence-electron chi connectivity index (χ0n) is 12.9. The molecule has 2 N–H and O–H groups in total. The second kappa shape index (κ2) is 8.56. The number of nitrogens with zero attached hydrogens (tertiary/aromatic N) is 1. The summed E-state index contributed by atoms with van der Waals surface area (Å²) in [5.41, 5.74) is 0.476. The van der Waals surface area contributed by atoms with Gasteiger partial charge in [0.05, 0.1) is 6.61 Å². The van der Waals surface area contributed by atoms with Crippen LogP contribution >= 0.6 is 0 Å². The van der Waals surface area contributed by atoms with Crippen molar-refractivity contribution in [3.63, 3.8) is 0 Å². The predicted octanol–water partition coefficient (Wildman–Crippen LogP) is 2.27. The van der Waals surface area contributed by atoms with Gasteiger partial charge in [0.1, 0.15) is 11.6 Å². The van der Waals surface area contributed by atoms with Gasteiger partial charge in [-0.2, -0.15) is 0 Å². The van der Waals surface area contributed by atoms with E-state index in [-0.39, 0.29) is 12.0 Å². The first-order valence-corrected chi connectivity index (χ1v) is 6.89. The summed E-state index contributed by atoms with van der Waals surface area (Å²) in [5, 5.41) is 6.28. The fraction of sp³-hybridized carbons (Fsp3) is 0.533. The first-order valence-electron chi connectivity index (χ1n) is 6.89. The topological polar surface area (TPSA) is 45.7 Å². The number of rotatable bonds is 6. The molecule has 4 nitrogen and oxygen atoms in total. The Kier molecular flexibility index (Phi) is 7.08. The maximum Gasteiger partial charge on any atom is 0.191 e. The minimum absolute atomic E-state index is 0.109. The third-order valence-electron chi connectivity index (χ3n) is 3.09. The third-order valence-corrected chi connectivity index (χ3v) is 3.09. The van der Waals surface area contributed by atoms with Crippen LogP contribution in [0.1, 0.15) is 25.3 Å². The Morgan fingerprint density at radius 3 is 2.62 bits per heavy atom. The molecule has 0 aromatic heterocycles. The molecule has 0 aliphatic rings. The lowest BCUT2D eigenvalue weighted by molar-refractivity contribution is 0.179. The van der Waals surface area contributed by atoms with Gasteiger partial charge in [-0.15, -0.1) is 0 Å². The predicted molar refractivity (Wildman–Crippen MR) is 80.6 cm³/mol. The molecular formula is C15H23F2N3O. The van der Waals surface area contributed by atoms with E-state index < -0.39 is 11.6 Å². The molecule has 0 spiro atoms. The molecule has 0 saturated heterocycles. The zero-order valence-corrected chi connectivity index (χ0v) is 12.9. The number of hydrogen-bond acceptors (Lipinski definition) is 2. The van der Waals surface area contributed by atoms with Gasteiger partial charge >= 0.3 is 0 Å². The van der Waals surface area contributed by atoms with Crippen molar-refractivity contribution >= 4 is 5.96 Å². The standard InChI is InChI=1S/C15H23F2N3O/c1-10(13-6-5-12(16)7-14(13)17)8-19-15(18-3)20-11(2)9-21-4/h5-7,10-11H,8-9H2,1-4H3,(H2,18,19,20). The van der Waals surface area contributed by atoms with E-state index in [4.69, 9.17) is 4.74 Å². The van der Waals surface area contributed by atoms with Crippen LogP contribution in [0.4, 0.5) is 8.78 Å². The van der Waals surface area contributed by atoms with Gasteiger partial charge in [-0.3, -0.25) is 4.99 Å². The van der Waals surface area contributed by atoms with Crippen molar-refractivity contribution in [3.05, 3.63) is 35.4 Å². The van der Waals surface area contributed by atoms with E-state index in [0.29, 0.717) is 24.7 Å². The van der Waals surface area contributed by atoms with Crippen LogP contribution in [0.2, 0.25) is 0 Å². The number of ether oxygens (including phenoxy) is 1. The fourth-order valence-electron chi connectivity index (χ4n) is 1.98. The molecule has 2 unspecified atom stereocenters. The number of hydrogen-bond donors (Lipinski definition) is 2. The third kappa shape index (κ3) is 5.67.